The molecule has 0 spiro atoms. The lowest BCUT2D eigenvalue weighted by Crippen LogP contribution is -2.15. The predicted molar refractivity (Wildman–Crippen MR) is 101 cm³/mol. The Balaban J connectivity index is 1.52. The van der Waals surface area contributed by atoms with Crippen LogP contribution in [-0.4, -0.2) is 15.9 Å². The van der Waals surface area contributed by atoms with Crippen molar-refractivity contribution in [2.75, 3.05) is 5.32 Å². The first-order chi connectivity index (χ1) is 13.0. The number of hydrogen-bond acceptors (Lipinski definition) is 5. The summed E-state index contributed by atoms with van der Waals surface area (Å²) in [4.78, 5) is 30.5. The number of halogens is 1. The lowest BCUT2D eigenvalue weighted by atomic mass is 10.2. The topological polar surface area (TPSA) is 101 Å². The van der Waals surface area contributed by atoms with Crippen LogP contribution in [0.3, 0.4) is 0 Å². The molecule has 27 heavy (non-hydrogen) atoms. The number of fused-ring (bicyclic) bond motifs is 1. The average molecular weight is 384 g/mol. The van der Waals surface area contributed by atoms with Gasteiger partial charge in [0.05, 0.1) is 28.2 Å². The Kier molecular flexibility index (Phi) is 4.29. The molecule has 0 aliphatic heterocycles. The van der Waals surface area contributed by atoms with Crippen molar-refractivity contribution < 1.29 is 13.6 Å². The fourth-order valence-corrected chi connectivity index (χ4v) is 2.94. The summed E-state index contributed by atoms with van der Waals surface area (Å²) in [6.07, 6.45) is 0.0366. The zero-order valence-electron chi connectivity index (χ0n) is 14.2. The van der Waals surface area contributed by atoms with Crippen molar-refractivity contribution in [2.45, 2.75) is 13.3 Å². The van der Waals surface area contributed by atoms with E-state index < -0.39 is 5.76 Å². The van der Waals surface area contributed by atoms with Gasteiger partial charge in [-0.15, -0.1) is 0 Å². The first kappa shape index (κ1) is 17.1. The molecule has 0 bridgehead atoms. The van der Waals surface area contributed by atoms with E-state index in [1.807, 2.05) is 12.1 Å². The number of aryl methyl sites for hydroxylation is 1. The molecule has 0 saturated carbocycles. The molecule has 0 saturated heterocycles. The number of rotatable bonds is 4. The molecule has 0 radical (unpaired) electrons. The van der Waals surface area contributed by atoms with Crippen LogP contribution in [0.2, 0.25) is 5.02 Å². The molecular formula is C19H14ClN3O4. The molecule has 2 aromatic carbocycles. The zero-order chi connectivity index (χ0) is 19.0. The Morgan fingerprint density at radius 1 is 1.22 bits per heavy atom. The number of oxazole rings is 2. The summed E-state index contributed by atoms with van der Waals surface area (Å²) in [5, 5.41) is 3.28. The molecule has 7 nitrogen and oxygen atoms in total. The predicted octanol–water partition coefficient (Wildman–Crippen LogP) is 3.92. The van der Waals surface area contributed by atoms with Crippen LogP contribution in [0.5, 0.6) is 0 Å². The average Bonchev–Trinajstić information content (AvgIpc) is 3.16. The van der Waals surface area contributed by atoms with E-state index in [2.05, 4.69) is 15.3 Å². The number of carbonyl (C=O) groups excluding carboxylic acids is 1. The van der Waals surface area contributed by atoms with Crippen molar-refractivity contribution in [1.82, 2.24) is 9.97 Å². The van der Waals surface area contributed by atoms with Gasteiger partial charge in [0.25, 0.3) is 0 Å². The van der Waals surface area contributed by atoms with Gasteiger partial charge in [-0.1, -0.05) is 23.7 Å². The van der Waals surface area contributed by atoms with E-state index in [0.29, 0.717) is 44.7 Å². The first-order valence-electron chi connectivity index (χ1n) is 8.13. The van der Waals surface area contributed by atoms with Crippen molar-refractivity contribution in [3.8, 4) is 11.5 Å². The van der Waals surface area contributed by atoms with Gasteiger partial charge in [0.15, 0.2) is 5.58 Å². The number of hydrogen-bond donors (Lipinski definition) is 2. The Labute approximate surface area is 158 Å². The number of amides is 1. The lowest BCUT2D eigenvalue weighted by Gasteiger charge is -2.03. The SMILES string of the molecule is Cc1oc(-c2ccccc2Cl)nc1CC(=O)Nc1ccc2[nH]c(=O)oc2c1. The van der Waals surface area contributed by atoms with Crippen LogP contribution in [0.25, 0.3) is 22.6 Å². The molecule has 8 heteroatoms. The molecule has 0 atom stereocenters. The monoisotopic (exact) mass is 383 g/mol. The second-order valence-corrected chi connectivity index (χ2v) is 6.36. The van der Waals surface area contributed by atoms with Gasteiger partial charge in [0.1, 0.15) is 5.76 Å². The highest BCUT2D eigenvalue weighted by Gasteiger charge is 2.16. The Bertz CT molecular complexity index is 1210. The number of benzene rings is 2. The van der Waals surface area contributed by atoms with Crippen molar-refractivity contribution in [3.05, 3.63) is 69.5 Å². The molecule has 1 amide bonds. The molecule has 2 aromatic heterocycles. The van der Waals surface area contributed by atoms with E-state index in [4.69, 9.17) is 20.4 Å². The zero-order valence-corrected chi connectivity index (χ0v) is 15.0. The van der Waals surface area contributed by atoms with Crippen LogP contribution in [0.15, 0.2) is 56.1 Å². The number of aromatic nitrogens is 2. The molecule has 0 aliphatic carbocycles. The third-order valence-corrected chi connectivity index (χ3v) is 4.36. The fourth-order valence-electron chi connectivity index (χ4n) is 2.72. The van der Waals surface area contributed by atoms with Gasteiger partial charge in [-0.25, -0.2) is 9.78 Å². The summed E-state index contributed by atoms with van der Waals surface area (Å²) in [6, 6.07) is 12.1. The second kappa shape index (κ2) is 6.77. The highest BCUT2D eigenvalue weighted by atomic mass is 35.5. The van der Waals surface area contributed by atoms with E-state index in [9.17, 15) is 9.59 Å². The van der Waals surface area contributed by atoms with E-state index in [1.54, 1.807) is 37.3 Å². The maximum absolute atomic E-state index is 12.4. The fraction of sp³-hybridized carbons (Fsp3) is 0.105. The number of nitrogens with one attached hydrogen (secondary N) is 2. The molecule has 0 fully saturated rings. The minimum absolute atomic E-state index is 0.0366. The van der Waals surface area contributed by atoms with Crippen LogP contribution in [-0.2, 0) is 11.2 Å². The van der Waals surface area contributed by atoms with Gasteiger partial charge in [-0.3, -0.25) is 9.78 Å². The standard InChI is InChI=1S/C19H14ClN3O4/c1-10-15(22-18(26-10)12-4-2-3-5-13(12)20)9-17(24)21-11-6-7-14-16(8-11)27-19(25)23-14/h2-8H,9H2,1H3,(H,21,24)(H,23,25). The Hall–Kier alpha value is -3.32. The molecule has 2 heterocycles. The molecule has 4 rings (SSSR count). The molecule has 4 aromatic rings. The quantitative estimate of drug-likeness (QED) is 0.556. The summed E-state index contributed by atoms with van der Waals surface area (Å²) >= 11 is 6.17. The third kappa shape index (κ3) is 3.50. The summed E-state index contributed by atoms with van der Waals surface area (Å²) in [6.45, 7) is 1.75. The normalized spacial score (nSPS) is 11.0. The van der Waals surface area contributed by atoms with Gasteiger partial charge in [-0.05, 0) is 31.2 Å². The maximum atomic E-state index is 12.4. The highest BCUT2D eigenvalue weighted by molar-refractivity contribution is 6.33. The maximum Gasteiger partial charge on any atom is 0.417 e. The van der Waals surface area contributed by atoms with E-state index in [-0.39, 0.29) is 12.3 Å². The van der Waals surface area contributed by atoms with Crippen LogP contribution >= 0.6 is 11.6 Å². The molecule has 0 aliphatic rings. The highest BCUT2D eigenvalue weighted by Crippen LogP contribution is 2.28. The van der Waals surface area contributed by atoms with Gasteiger partial charge in [0, 0.05) is 11.8 Å². The van der Waals surface area contributed by atoms with E-state index >= 15 is 0 Å². The largest absolute Gasteiger partial charge is 0.441 e. The third-order valence-electron chi connectivity index (χ3n) is 4.03. The lowest BCUT2D eigenvalue weighted by molar-refractivity contribution is -0.115. The molecule has 136 valence electrons. The van der Waals surface area contributed by atoms with Gasteiger partial charge in [0.2, 0.25) is 11.8 Å². The summed E-state index contributed by atoms with van der Waals surface area (Å²) < 4.78 is 10.7. The Morgan fingerprint density at radius 2 is 2.04 bits per heavy atom. The first-order valence-corrected chi connectivity index (χ1v) is 8.51. The van der Waals surface area contributed by atoms with Crippen LogP contribution in [0.4, 0.5) is 5.69 Å². The van der Waals surface area contributed by atoms with Crippen LogP contribution < -0.4 is 11.1 Å². The van der Waals surface area contributed by atoms with Crippen molar-refractivity contribution >= 4 is 34.3 Å². The van der Waals surface area contributed by atoms with Crippen molar-refractivity contribution in [1.29, 1.82) is 0 Å². The number of carbonyl (C=O) groups is 1. The van der Waals surface area contributed by atoms with Gasteiger partial charge in [-0.2, -0.15) is 0 Å². The van der Waals surface area contributed by atoms with Crippen LogP contribution in [0, 0.1) is 6.92 Å². The smallest absolute Gasteiger partial charge is 0.417 e. The molecule has 2 N–H and O–H groups in total. The number of aromatic amines is 1. The minimum atomic E-state index is -0.543. The molecular weight excluding hydrogens is 370 g/mol. The van der Waals surface area contributed by atoms with E-state index in [0.717, 1.165) is 0 Å². The van der Waals surface area contributed by atoms with Crippen molar-refractivity contribution in [3.63, 3.8) is 0 Å². The van der Waals surface area contributed by atoms with Gasteiger partial charge >= 0.3 is 5.76 Å². The summed E-state index contributed by atoms with van der Waals surface area (Å²) in [5.74, 6) is 0.108. The summed E-state index contributed by atoms with van der Waals surface area (Å²) in [5.41, 5.74) is 2.65. The van der Waals surface area contributed by atoms with Crippen molar-refractivity contribution in [2.24, 2.45) is 0 Å². The Morgan fingerprint density at radius 3 is 2.85 bits per heavy atom. The minimum Gasteiger partial charge on any atom is -0.441 e. The van der Waals surface area contributed by atoms with Gasteiger partial charge < -0.3 is 14.2 Å². The van der Waals surface area contributed by atoms with Crippen LogP contribution in [0.1, 0.15) is 11.5 Å². The second-order valence-electron chi connectivity index (χ2n) is 5.95. The number of anilines is 1. The number of nitrogens with zero attached hydrogens (tertiary/aromatic N) is 1. The summed E-state index contributed by atoms with van der Waals surface area (Å²) in [7, 11) is 0. The molecule has 0 unspecified atom stereocenters. The van der Waals surface area contributed by atoms with E-state index in [1.165, 1.54) is 0 Å². The number of H-pyrrole nitrogens is 1.